The first-order valence-corrected chi connectivity index (χ1v) is 10.1. The zero-order valence-electron chi connectivity index (χ0n) is 14.7. The summed E-state index contributed by atoms with van der Waals surface area (Å²) in [7, 11) is -3.52. The van der Waals surface area contributed by atoms with E-state index in [-0.39, 0.29) is 16.8 Å². The number of nitrogens with zero attached hydrogens (tertiary/aromatic N) is 1. The number of benzene rings is 2. The third-order valence-corrected chi connectivity index (χ3v) is 6.39. The van der Waals surface area contributed by atoms with E-state index in [1.54, 1.807) is 36.4 Å². The summed E-state index contributed by atoms with van der Waals surface area (Å²) < 4.78 is 46.0. The zero-order chi connectivity index (χ0) is 18.6. The molecule has 1 saturated heterocycles. The van der Waals surface area contributed by atoms with Gasteiger partial charge in [-0.2, -0.15) is 4.31 Å². The van der Waals surface area contributed by atoms with Crippen molar-refractivity contribution in [1.82, 2.24) is 9.62 Å². The number of ether oxygens (including phenoxy) is 1. The number of morpholine rings is 1. The van der Waals surface area contributed by atoms with Crippen molar-refractivity contribution in [3.05, 3.63) is 65.5 Å². The third-order valence-electron chi connectivity index (χ3n) is 4.49. The molecule has 0 aromatic heterocycles. The number of sulfonamides is 1. The fraction of sp³-hybridized carbons (Fsp3) is 0.368. The first-order chi connectivity index (χ1) is 12.5. The molecule has 3 rings (SSSR count). The van der Waals surface area contributed by atoms with E-state index in [4.69, 9.17) is 4.74 Å². The van der Waals surface area contributed by atoms with Crippen LogP contribution < -0.4 is 5.32 Å². The first-order valence-electron chi connectivity index (χ1n) is 8.63. The van der Waals surface area contributed by atoms with Crippen molar-refractivity contribution >= 4 is 10.0 Å². The molecule has 2 aromatic rings. The molecule has 5 nitrogen and oxygen atoms in total. The van der Waals surface area contributed by atoms with Crippen LogP contribution in [0.4, 0.5) is 4.39 Å². The van der Waals surface area contributed by atoms with E-state index in [9.17, 15) is 12.8 Å². The van der Waals surface area contributed by atoms with E-state index >= 15 is 0 Å². The van der Waals surface area contributed by atoms with Crippen molar-refractivity contribution in [3.8, 4) is 0 Å². The average Bonchev–Trinajstić information content (AvgIpc) is 2.67. The monoisotopic (exact) mass is 378 g/mol. The Kier molecular flexibility index (Phi) is 6.03. The van der Waals surface area contributed by atoms with Crippen LogP contribution in [0.3, 0.4) is 0 Å². The predicted octanol–water partition coefficient (Wildman–Crippen LogP) is 2.70. The molecule has 0 spiro atoms. The molecule has 1 N–H and O–H groups in total. The minimum Gasteiger partial charge on any atom is -0.379 e. The molecule has 1 fully saturated rings. The largest absolute Gasteiger partial charge is 0.379 e. The summed E-state index contributed by atoms with van der Waals surface area (Å²) in [5, 5.41) is 3.25. The molecular weight excluding hydrogens is 355 g/mol. The lowest BCUT2D eigenvalue weighted by Crippen LogP contribution is -2.40. The lowest BCUT2D eigenvalue weighted by Gasteiger charge is -2.26. The topological polar surface area (TPSA) is 58.6 Å². The summed E-state index contributed by atoms with van der Waals surface area (Å²) in [6.07, 6.45) is 0. The Morgan fingerprint density at radius 1 is 1.15 bits per heavy atom. The summed E-state index contributed by atoms with van der Waals surface area (Å²) in [5.41, 5.74) is 1.42. The third kappa shape index (κ3) is 4.29. The SMILES string of the molecule is CC(NCc1cccc(S(=O)(=O)N2CCOCC2)c1)c1ccccc1F. The van der Waals surface area contributed by atoms with Gasteiger partial charge in [-0.15, -0.1) is 0 Å². The fourth-order valence-electron chi connectivity index (χ4n) is 2.96. The molecule has 0 saturated carbocycles. The molecule has 0 aliphatic carbocycles. The first kappa shape index (κ1) is 19.0. The lowest BCUT2D eigenvalue weighted by molar-refractivity contribution is 0.0730. The molecule has 1 aliphatic heterocycles. The van der Waals surface area contributed by atoms with Crippen LogP contribution in [0.2, 0.25) is 0 Å². The molecule has 140 valence electrons. The molecule has 1 aliphatic rings. The molecule has 0 amide bonds. The maximum atomic E-state index is 13.9. The van der Waals surface area contributed by atoms with Crippen LogP contribution in [0, 0.1) is 5.82 Å². The van der Waals surface area contributed by atoms with Crippen LogP contribution in [0.5, 0.6) is 0 Å². The zero-order valence-corrected chi connectivity index (χ0v) is 15.5. The van der Waals surface area contributed by atoms with E-state index in [2.05, 4.69) is 5.32 Å². The van der Waals surface area contributed by atoms with Crippen LogP contribution in [0.1, 0.15) is 24.1 Å². The Bertz CT molecular complexity index is 851. The molecule has 0 radical (unpaired) electrons. The second kappa shape index (κ2) is 8.26. The molecule has 1 unspecified atom stereocenters. The molecule has 7 heteroatoms. The molecule has 1 heterocycles. The van der Waals surface area contributed by atoms with E-state index in [0.29, 0.717) is 38.4 Å². The van der Waals surface area contributed by atoms with Gasteiger partial charge in [0.25, 0.3) is 0 Å². The highest BCUT2D eigenvalue weighted by atomic mass is 32.2. The summed E-state index contributed by atoms with van der Waals surface area (Å²) in [6, 6.07) is 13.3. The normalized spacial score (nSPS) is 17.2. The fourth-order valence-corrected chi connectivity index (χ4v) is 4.44. The Morgan fingerprint density at radius 2 is 1.88 bits per heavy atom. The minimum atomic E-state index is -3.52. The summed E-state index contributed by atoms with van der Waals surface area (Å²) >= 11 is 0. The molecule has 2 aromatic carbocycles. The number of rotatable bonds is 6. The number of hydrogen-bond acceptors (Lipinski definition) is 4. The molecule has 1 atom stereocenters. The van der Waals surface area contributed by atoms with Gasteiger partial charge in [0.15, 0.2) is 0 Å². The molecular formula is C19H23FN2O3S. The maximum Gasteiger partial charge on any atom is 0.243 e. The predicted molar refractivity (Wildman–Crippen MR) is 97.7 cm³/mol. The van der Waals surface area contributed by atoms with Crippen molar-refractivity contribution in [2.24, 2.45) is 0 Å². The Labute approximate surface area is 153 Å². The maximum absolute atomic E-state index is 13.9. The highest BCUT2D eigenvalue weighted by molar-refractivity contribution is 7.89. The highest BCUT2D eigenvalue weighted by Gasteiger charge is 2.26. The standard InChI is InChI=1S/C19H23FN2O3S/c1-15(18-7-2-3-8-19(18)20)21-14-16-5-4-6-17(13-16)26(23,24)22-9-11-25-12-10-22/h2-8,13,15,21H,9-12,14H2,1H3. The van der Waals surface area contributed by atoms with Crippen LogP contribution in [-0.2, 0) is 21.3 Å². The van der Waals surface area contributed by atoms with E-state index < -0.39 is 10.0 Å². The molecule has 0 bridgehead atoms. The summed E-state index contributed by atoms with van der Waals surface area (Å²) in [4.78, 5) is 0.275. The lowest BCUT2D eigenvalue weighted by atomic mass is 10.1. The van der Waals surface area contributed by atoms with Gasteiger partial charge in [0, 0.05) is 31.2 Å². The quantitative estimate of drug-likeness (QED) is 0.840. The Morgan fingerprint density at radius 3 is 2.62 bits per heavy atom. The number of hydrogen-bond donors (Lipinski definition) is 1. The van der Waals surface area contributed by atoms with Crippen LogP contribution in [-0.4, -0.2) is 39.0 Å². The van der Waals surface area contributed by atoms with Crippen molar-refractivity contribution in [1.29, 1.82) is 0 Å². The van der Waals surface area contributed by atoms with Crippen molar-refractivity contribution in [3.63, 3.8) is 0 Å². The van der Waals surface area contributed by atoms with Crippen molar-refractivity contribution < 1.29 is 17.5 Å². The van der Waals surface area contributed by atoms with Gasteiger partial charge in [-0.3, -0.25) is 0 Å². The second-order valence-corrected chi connectivity index (χ2v) is 8.23. The van der Waals surface area contributed by atoms with Crippen molar-refractivity contribution in [2.75, 3.05) is 26.3 Å². The minimum absolute atomic E-state index is 0.185. The van der Waals surface area contributed by atoms with Gasteiger partial charge in [-0.1, -0.05) is 30.3 Å². The van der Waals surface area contributed by atoms with Crippen LogP contribution in [0.25, 0.3) is 0 Å². The number of halogens is 1. The smallest absolute Gasteiger partial charge is 0.243 e. The van der Waals surface area contributed by atoms with E-state index in [1.807, 2.05) is 13.0 Å². The van der Waals surface area contributed by atoms with Gasteiger partial charge in [-0.05, 0) is 30.7 Å². The second-order valence-electron chi connectivity index (χ2n) is 6.29. The van der Waals surface area contributed by atoms with Gasteiger partial charge < -0.3 is 10.1 Å². The number of nitrogens with one attached hydrogen (secondary N) is 1. The van der Waals surface area contributed by atoms with Gasteiger partial charge >= 0.3 is 0 Å². The van der Waals surface area contributed by atoms with Crippen LogP contribution in [0.15, 0.2) is 53.4 Å². The molecule has 26 heavy (non-hydrogen) atoms. The van der Waals surface area contributed by atoms with Gasteiger partial charge in [-0.25, -0.2) is 12.8 Å². The Hall–Kier alpha value is -1.80. The van der Waals surface area contributed by atoms with Gasteiger partial charge in [0.2, 0.25) is 10.0 Å². The highest BCUT2D eigenvalue weighted by Crippen LogP contribution is 2.20. The Balaban J connectivity index is 1.70. The van der Waals surface area contributed by atoms with E-state index in [1.165, 1.54) is 10.4 Å². The van der Waals surface area contributed by atoms with Gasteiger partial charge in [0.05, 0.1) is 18.1 Å². The summed E-state index contributed by atoms with van der Waals surface area (Å²) in [6.45, 7) is 3.90. The average molecular weight is 378 g/mol. The van der Waals surface area contributed by atoms with Crippen molar-refractivity contribution in [2.45, 2.75) is 24.4 Å². The van der Waals surface area contributed by atoms with Gasteiger partial charge in [0.1, 0.15) is 5.82 Å². The van der Waals surface area contributed by atoms with E-state index in [0.717, 1.165) is 5.56 Å². The van der Waals surface area contributed by atoms with Crippen LogP contribution >= 0.6 is 0 Å². The summed E-state index contributed by atoms with van der Waals surface area (Å²) in [5.74, 6) is -0.254.